The van der Waals surface area contributed by atoms with Crippen LogP contribution in [0.4, 0.5) is 8.78 Å². The third-order valence-electron chi connectivity index (χ3n) is 4.51. The van der Waals surface area contributed by atoms with E-state index in [1.807, 2.05) is 25.5 Å². The van der Waals surface area contributed by atoms with Gasteiger partial charge in [0.1, 0.15) is 23.2 Å². The van der Waals surface area contributed by atoms with Crippen LogP contribution in [0.5, 0.6) is 0 Å². The second-order valence-corrected chi connectivity index (χ2v) is 9.49. The van der Waals surface area contributed by atoms with Crippen LogP contribution in [0, 0.1) is 11.6 Å². The van der Waals surface area contributed by atoms with Gasteiger partial charge in [0, 0.05) is 13.2 Å². The third kappa shape index (κ3) is 4.11. The summed E-state index contributed by atoms with van der Waals surface area (Å²) in [6.07, 6.45) is 1.21. The van der Waals surface area contributed by atoms with Crippen molar-refractivity contribution in [2.24, 2.45) is 7.05 Å². The molecule has 0 fully saturated rings. The highest BCUT2D eigenvalue weighted by molar-refractivity contribution is 7.90. The van der Waals surface area contributed by atoms with E-state index in [2.05, 4.69) is 4.98 Å². The predicted molar refractivity (Wildman–Crippen MR) is 108 cm³/mol. The van der Waals surface area contributed by atoms with Crippen LogP contribution in [0.3, 0.4) is 0 Å². The van der Waals surface area contributed by atoms with Gasteiger partial charge in [0.05, 0.1) is 10.5 Å². The number of nitrogens with one attached hydrogen (secondary N) is 1. The van der Waals surface area contributed by atoms with E-state index in [9.17, 15) is 22.0 Å². The minimum Gasteiger partial charge on any atom is -0.333 e. The Labute approximate surface area is 173 Å². The average molecular weight is 433 g/mol. The summed E-state index contributed by atoms with van der Waals surface area (Å²) < 4.78 is 57.2. The molecular weight excluding hydrogens is 412 g/mol. The van der Waals surface area contributed by atoms with E-state index < -0.39 is 38.5 Å². The highest BCUT2D eigenvalue weighted by Gasteiger charge is 2.28. The van der Waals surface area contributed by atoms with Crippen LogP contribution in [0.15, 0.2) is 53.6 Å². The van der Waals surface area contributed by atoms with Gasteiger partial charge in [-0.25, -0.2) is 26.9 Å². The molecule has 3 rings (SSSR count). The van der Waals surface area contributed by atoms with Crippen molar-refractivity contribution in [1.29, 1.82) is 0 Å². The number of halogens is 2. The van der Waals surface area contributed by atoms with Crippen molar-refractivity contribution < 1.29 is 22.0 Å². The van der Waals surface area contributed by atoms with Gasteiger partial charge in [-0.3, -0.25) is 4.79 Å². The van der Waals surface area contributed by atoms with Crippen LogP contribution in [0.1, 0.15) is 36.8 Å². The van der Waals surface area contributed by atoms with Gasteiger partial charge < -0.3 is 4.57 Å². The Hall–Kier alpha value is -3.07. The van der Waals surface area contributed by atoms with Gasteiger partial charge in [-0.2, -0.15) is 0 Å². The zero-order valence-corrected chi connectivity index (χ0v) is 17.7. The maximum atomic E-state index is 14.1. The number of carbonyl (C=O) groups is 1. The summed E-state index contributed by atoms with van der Waals surface area (Å²) in [4.78, 5) is 16.5. The lowest BCUT2D eigenvalue weighted by atomic mass is 9.87. The van der Waals surface area contributed by atoms with E-state index in [4.69, 9.17) is 0 Å². The van der Waals surface area contributed by atoms with E-state index >= 15 is 0 Å². The summed E-state index contributed by atoms with van der Waals surface area (Å²) in [6, 6.07) is 9.72. The Kier molecular flexibility index (Phi) is 5.51. The largest absolute Gasteiger partial charge is 0.333 e. The number of aryl methyl sites for hydroxylation is 1. The van der Waals surface area contributed by atoms with Crippen LogP contribution < -0.4 is 4.72 Å². The maximum absolute atomic E-state index is 14.1. The smallest absolute Gasteiger partial charge is 0.285 e. The lowest BCUT2D eigenvalue weighted by Crippen LogP contribution is -2.32. The van der Waals surface area contributed by atoms with Gasteiger partial charge in [-0.1, -0.05) is 45.0 Å². The third-order valence-corrected chi connectivity index (χ3v) is 5.90. The van der Waals surface area contributed by atoms with Crippen molar-refractivity contribution in [3.8, 4) is 11.4 Å². The zero-order valence-electron chi connectivity index (χ0n) is 16.9. The van der Waals surface area contributed by atoms with Crippen LogP contribution >= 0.6 is 0 Å². The van der Waals surface area contributed by atoms with E-state index in [1.54, 1.807) is 18.2 Å². The first-order valence-corrected chi connectivity index (χ1v) is 10.5. The molecule has 0 unspecified atom stereocenters. The molecule has 6 nitrogen and oxygen atoms in total. The molecule has 1 aromatic heterocycles. The molecule has 1 N–H and O–H groups in total. The lowest BCUT2D eigenvalue weighted by Gasteiger charge is -2.22. The standard InChI is InChI=1S/C21H21F2N3O3S/c1-21(2,3)13-8-5-6-11-17(13)30(28,29)25-20(27)16-12-26(4)19(24-16)18-14(22)9-7-10-15(18)23/h5-12H,1-4H3,(H,25,27). The zero-order chi connectivity index (χ0) is 22.3. The summed E-state index contributed by atoms with van der Waals surface area (Å²) in [6.45, 7) is 5.57. The number of hydrogen-bond acceptors (Lipinski definition) is 4. The molecule has 0 bridgehead atoms. The van der Waals surface area contributed by atoms with Crippen LogP contribution in [0.2, 0.25) is 0 Å². The number of imidazole rings is 1. The van der Waals surface area contributed by atoms with Crippen molar-refractivity contribution >= 4 is 15.9 Å². The van der Waals surface area contributed by atoms with Gasteiger partial charge >= 0.3 is 0 Å². The molecule has 1 heterocycles. The Balaban J connectivity index is 1.97. The average Bonchev–Trinajstić information content (AvgIpc) is 3.02. The summed E-state index contributed by atoms with van der Waals surface area (Å²) in [5.74, 6) is -2.83. The van der Waals surface area contributed by atoms with Gasteiger partial charge in [0.2, 0.25) is 0 Å². The normalized spacial score (nSPS) is 12.1. The Morgan fingerprint density at radius 3 is 2.23 bits per heavy atom. The Morgan fingerprint density at radius 1 is 1.03 bits per heavy atom. The molecule has 9 heteroatoms. The molecule has 158 valence electrons. The number of amides is 1. The van der Waals surface area contributed by atoms with Crippen molar-refractivity contribution in [2.45, 2.75) is 31.1 Å². The highest BCUT2D eigenvalue weighted by atomic mass is 32.2. The van der Waals surface area contributed by atoms with Crippen molar-refractivity contribution in [1.82, 2.24) is 14.3 Å². The number of aromatic nitrogens is 2. The predicted octanol–water partition coefficient (Wildman–Crippen LogP) is 3.78. The maximum Gasteiger partial charge on any atom is 0.285 e. The first-order chi connectivity index (χ1) is 13.9. The molecule has 0 aliphatic heterocycles. The number of sulfonamides is 1. The first-order valence-electron chi connectivity index (χ1n) is 9.06. The first kappa shape index (κ1) is 21.6. The van der Waals surface area contributed by atoms with E-state index in [-0.39, 0.29) is 16.4 Å². The summed E-state index contributed by atoms with van der Waals surface area (Å²) >= 11 is 0. The molecule has 0 radical (unpaired) electrons. The van der Waals surface area contributed by atoms with Gasteiger partial charge in [0.15, 0.2) is 0 Å². The molecule has 0 aliphatic carbocycles. The summed E-state index contributed by atoms with van der Waals surface area (Å²) in [7, 11) is -2.75. The fraction of sp³-hybridized carbons (Fsp3) is 0.238. The second-order valence-electron chi connectivity index (χ2n) is 7.84. The van der Waals surface area contributed by atoms with Gasteiger partial charge in [-0.05, 0) is 29.2 Å². The van der Waals surface area contributed by atoms with Crippen molar-refractivity contribution in [3.05, 3.63) is 71.6 Å². The monoisotopic (exact) mass is 433 g/mol. The number of carbonyl (C=O) groups excluding carboxylic acids is 1. The topological polar surface area (TPSA) is 81.1 Å². The minimum atomic E-state index is -4.20. The van der Waals surface area contributed by atoms with Crippen LogP contribution in [-0.2, 0) is 22.5 Å². The molecule has 3 aromatic rings. The van der Waals surface area contributed by atoms with E-state index in [0.717, 1.165) is 12.1 Å². The quantitative estimate of drug-likeness (QED) is 0.679. The number of hydrogen-bond donors (Lipinski definition) is 1. The molecule has 0 atom stereocenters. The number of nitrogens with zero attached hydrogens (tertiary/aromatic N) is 2. The second kappa shape index (κ2) is 7.64. The van der Waals surface area contributed by atoms with E-state index in [0.29, 0.717) is 5.56 Å². The molecule has 0 aliphatic rings. The molecular formula is C21H21F2N3O3S. The van der Waals surface area contributed by atoms with Gasteiger partial charge in [-0.15, -0.1) is 0 Å². The van der Waals surface area contributed by atoms with Gasteiger partial charge in [0.25, 0.3) is 15.9 Å². The summed E-state index contributed by atoms with van der Waals surface area (Å²) in [5.41, 5.74) is -0.623. The van der Waals surface area contributed by atoms with Crippen LogP contribution in [-0.4, -0.2) is 23.9 Å². The van der Waals surface area contributed by atoms with Crippen molar-refractivity contribution in [2.75, 3.05) is 0 Å². The minimum absolute atomic E-state index is 0.0258. The van der Waals surface area contributed by atoms with Crippen LogP contribution in [0.25, 0.3) is 11.4 Å². The summed E-state index contributed by atoms with van der Waals surface area (Å²) in [5, 5.41) is 0. The number of rotatable bonds is 4. The molecule has 0 spiro atoms. The molecule has 1 amide bonds. The van der Waals surface area contributed by atoms with E-state index in [1.165, 1.54) is 29.9 Å². The molecule has 0 saturated heterocycles. The SMILES string of the molecule is Cn1cc(C(=O)NS(=O)(=O)c2ccccc2C(C)(C)C)nc1-c1c(F)cccc1F. The fourth-order valence-corrected chi connectivity index (χ4v) is 4.45. The van der Waals surface area contributed by atoms with Crippen molar-refractivity contribution in [3.63, 3.8) is 0 Å². The number of benzene rings is 2. The highest BCUT2D eigenvalue weighted by Crippen LogP contribution is 2.29. The molecule has 0 saturated carbocycles. The molecule has 30 heavy (non-hydrogen) atoms. The Bertz CT molecular complexity index is 1210. The fourth-order valence-electron chi connectivity index (χ4n) is 3.07. The molecule has 2 aromatic carbocycles. The lowest BCUT2D eigenvalue weighted by molar-refractivity contribution is 0.0977. The Morgan fingerprint density at radius 2 is 1.63 bits per heavy atom.